The summed E-state index contributed by atoms with van der Waals surface area (Å²) in [6.07, 6.45) is 4.03. The van der Waals surface area contributed by atoms with E-state index in [0.717, 1.165) is 0 Å². The largest absolute Gasteiger partial charge is 0.508 e. The average molecular weight is 255 g/mol. The molecule has 0 radical (unpaired) electrons. The molecule has 1 aliphatic carbocycles. The number of nitrogens with one attached hydrogen (secondary N) is 1. The van der Waals surface area contributed by atoms with E-state index in [1.807, 2.05) is 0 Å². The molecule has 0 fully saturated rings. The molecule has 1 heterocycles. The summed E-state index contributed by atoms with van der Waals surface area (Å²) in [6.45, 7) is 0. The highest BCUT2D eigenvalue weighted by atomic mass is 16.3. The molecular formula is C14H9NO4. The first-order chi connectivity index (χ1) is 9.06. The Morgan fingerprint density at radius 3 is 2.47 bits per heavy atom. The lowest BCUT2D eigenvalue weighted by atomic mass is 10.0. The maximum atomic E-state index is 11.4. The van der Waals surface area contributed by atoms with Crippen LogP contribution in [0.15, 0.2) is 24.4 Å². The van der Waals surface area contributed by atoms with Crippen LogP contribution in [0.1, 0.15) is 0 Å². The van der Waals surface area contributed by atoms with Crippen LogP contribution in [-0.4, -0.2) is 26.8 Å². The van der Waals surface area contributed by atoms with E-state index in [0.29, 0.717) is 21.7 Å². The van der Waals surface area contributed by atoms with Gasteiger partial charge >= 0.3 is 0 Å². The molecule has 19 heavy (non-hydrogen) atoms. The molecule has 0 atom stereocenters. The number of H-pyrrole nitrogens is 1. The number of phenols is 2. The van der Waals surface area contributed by atoms with E-state index in [-0.39, 0.29) is 11.5 Å². The fourth-order valence-electron chi connectivity index (χ4n) is 2.09. The van der Waals surface area contributed by atoms with Gasteiger partial charge in [-0.05, 0) is 24.3 Å². The van der Waals surface area contributed by atoms with Crippen LogP contribution in [0.25, 0.3) is 23.3 Å². The Hall–Kier alpha value is -2.82. The zero-order valence-electron chi connectivity index (χ0n) is 9.68. The number of hydrogen-bond acceptors (Lipinski definition) is 4. The standard InChI is InChI=1S/C14H9NO4/c16-7-1-2-12(17)9(3-7)10-6-15-11-5-14(19)13(18)4-8(10)11/h1-6,15-17H. The Labute approximate surface area is 107 Å². The molecule has 94 valence electrons. The number of fused-ring (bicyclic) bond motifs is 1. The summed E-state index contributed by atoms with van der Waals surface area (Å²) in [5.41, 5.74) is 0.949. The van der Waals surface area contributed by atoms with E-state index in [4.69, 9.17) is 0 Å². The number of carbonyl (C=O) groups is 2. The Kier molecular flexibility index (Phi) is 2.28. The molecule has 0 unspecified atom stereocenters. The molecule has 1 aromatic carbocycles. The van der Waals surface area contributed by atoms with Crippen molar-refractivity contribution in [2.24, 2.45) is 0 Å². The average Bonchev–Trinajstić information content (AvgIpc) is 2.76. The SMILES string of the molecule is O=C1C=c2[nH]cc(-c3cc(O)ccc3O)c2=CC1=O. The van der Waals surface area contributed by atoms with Crippen LogP contribution >= 0.6 is 0 Å². The number of benzene rings is 1. The lowest BCUT2D eigenvalue weighted by Crippen LogP contribution is -2.33. The minimum absolute atomic E-state index is 0.00458. The van der Waals surface area contributed by atoms with Crippen LogP contribution in [0.5, 0.6) is 11.5 Å². The number of phenolic OH excluding ortho intramolecular Hbond substituents is 2. The predicted molar refractivity (Wildman–Crippen MR) is 67.8 cm³/mol. The number of aromatic amines is 1. The molecular weight excluding hydrogens is 246 g/mol. The number of carbonyl (C=O) groups excluding carboxylic acids is 2. The summed E-state index contributed by atoms with van der Waals surface area (Å²) in [4.78, 5) is 25.6. The monoisotopic (exact) mass is 255 g/mol. The number of rotatable bonds is 1. The molecule has 0 saturated heterocycles. The second kappa shape index (κ2) is 3.84. The minimum Gasteiger partial charge on any atom is -0.508 e. The van der Waals surface area contributed by atoms with Gasteiger partial charge in [0.25, 0.3) is 0 Å². The van der Waals surface area contributed by atoms with Gasteiger partial charge in [-0.1, -0.05) is 0 Å². The molecule has 0 amide bonds. The number of aromatic hydroxyl groups is 2. The van der Waals surface area contributed by atoms with Gasteiger partial charge in [0.05, 0.1) is 5.35 Å². The first kappa shape index (κ1) is 11.3. The van der Waals surface area contributed by atoms with Gasteiger partial charge in [-0.3, -0.25) is 9.59 Å². The Morgan fingerprint density at radius 1 is 0.947 bits per heavy atom. The van der Waals surface area contributed by atoms with Crippen molar-refractivity contribution in [2.45, 2.75) is 0 Å². The summed E-state index contributed by atoms with van der Waals surface area (Å²) in [7, 11) is 0. The zero-order valence-corrected chi connectivity index (χ0v) is 9.68. The van der Waals surface area contributed by atoms with Crippen LogP contribution in [0.3, 0.4) is 0 Å². The second-order valence-electron chi connectivity index (χ2n) is 4.25. The predicted octanol–water partition coefficient (Wildman–Crippen LogP) is -0.194. The van der Waals surface area contributed by atoms with Crippen molar-refractivity contribution in [1.82, 2.24) is 4.98 Å². The van der Waals surface area contributed by atoms with Crippen molar-refractivity contribution < 1.29 is 19.8 Å². The first-order valence-corrected chi connectivity index (χ1v) is 5.58. The number of ketones is 2. The topological polar surface area (TPSA) is 90.4 Å². The van der Waals surface area contributed by atoms with Crippen molar-refractivity contribution >= 4 is 23.7 Å². The Bertz CT molecular complexity index is 830. The van der Waals surface area contributed by atoms with Crippen LogP contribution in [0, 0.1) is 0 Å². The van der Waals surface area contributed by atoms with Gasteiger partial charge in [-0.15, -0.1) is 0 Å². The Balaban J connectivity index is 2.34. The van der Waals surface area contributed by atoms with Crippen molar-refractivity contribution in [3.63, 3.8) is 0 Å². The lowest BCUT2D eigenvalue weighted by Gasteiger charge is -2.03. The van der Waals surface area contributed by atoms with E-state index in [1.165, 1.54) is 30.4 Å². The zero-order chi connectivity index (χ0) is 13.6. The second-order valence-corrected chi connectivity index (χ2v) is 4.25. The highest BCUT2D eigenvalue weighted by molar-refractivity contribution is 6.57. The van der Waals surface area contributed by atoms with Crippen molar-refractivity contribution in [1.29, 1.82) is 0 Å². The van der Waals surface area contributed by atoms with Crippen LogP contribution < -0.4 is 10.6 Å². The maximum Gasteiger partial charge on any atom is 0.227 e. The number of aromatic nitrogens is 1. The van der Waals surface area contributed by atoms with Crippen molar-refractivity contribution in [2.75, 3.05) is 0 Å². The van der Waals surface area contributed by atoms with E-state index < -0.39 is 11.6 Å². The minimum atomic E-state index is -0.604. The van der Waals surface area contributed by atoms with Crippen LogP contribution in [-0.2, 0) is 9.59 Å². The van der Waals surface area contributed by atoms with Gasteiger partial charge in [-0.2, -0.15) is 0 Å². The molecule has 0 saturated carbocycles. The fourth-order valence-corrected chi connectivity index (χ4v) is 2.09. The molecule has 0 bridgehead atoms. The molecule has 0 aliphatic heterocycles. The van der Waals surface area contributed by atoms with Gasteiger partial charge in [0, 0.05) is 28.6 Å². The third kappa shape index (κ3) is 1.72. The van der Waals surface area contributed by atoms with Gasteiger partial charge in [0.2, 0.25) is 11.6 Å². The molecule has 5 heteroatoms. The number of Topliss-reactive ketones (excluding diaryl/α,β-unsaturated/α-hetero) is 2. The van der Waals surface area contributed by atoms with E-state index in [2.05, 4.69) is 4.98 Å². The summed E-state index contributed by atoms with van der Waals surface area (Å²) in [6, 6.07) is 4.12. The van der Waals surface area contributed by atoms with Gasteiger partial charge in [0.15, 0.2) is 0 Å². The third-order valence-electron chi connectivity index (χ3n) is 3.02. The molecule has 0 spiro atoms. The molecule has 1 aromatic heterocycles. The Morgan fingerprint density at radius 2 is 1.68 bits per heavy atom. The number of hydrogen-bond donors (Lipinski definition) is 3. The quantitative estimate of drug-likeness (QED) is 0.486. The smallest absolute Gasteiger partial charge is 0.227 e. The summed E-state index contributed by atoms with van der Waals surface area (Å²) in [5.74, 6) is -1.20. The molecule has 2 aromatic rings. The molecule has 3 N–H and O–H groups in total. The van der Waals surface area contributed by atoms with E-state index >= 15 is 0 Å². The maximum absolute atomic E-state index is 11.4. The van der Waals surface area contributed by atoms with Gasteiger partial charge < -0.3 is 15.2 Å². The first-order valence-electron chi connectivity index (χ1n) is 5.58. The lowest BCUT2D eigenvalue weighted by molar-refractivity contribution is -0.129. The normalized spacial score (nSPS) is 13.7. The highest BCUT2D eigenvalue weighted by Gasteiger charge is 2.16. The van der Waals surface area contributed by atoms with Crippen LogP contribution in [0.4, 0.5) is 0 Å². The molecule has 5 nitrogen and oxygen atoms in total. The van der Waals surface area contributed by atoms with E-state index in [1.54, 1.807) is 6.20 Å². The highest BCUT2D eigenvalue weighted by Crippen LogP contribution is 2.29. The van der Waals surface area contributed by atoms with Crippen molar-refractivity contribution in [3.8, 4) is 22.6 Å². The van der Waals surface area contributed by atoms with Crippen molar-refractivity contribution in [3.05, 3.63) is 35.0 Å². The van der Waals surface area contributed by atoms with E-state index in [9.17, 15) is 19.8 Å². The summed E-state index contributed by atoms with van der Waals surface area (Å²) < 4.78 is 0. The molecule has 3 rings (SSSR count). The fraction of sp³-hybridized carbons (Fsp3) is 0. The van der Waals surface area contributed by atoms with Gasteiger partial charge in [-0.25, -0.2) is 0 Å². The summed E-state index contributed by atoms with van der Waals surface area (Å²) in [5, 5.41) is 20.3. The van der Waals surface area contributed by atoms with Gasteiger partial charge in [0.1, 0.15) is 11.5 Å². The summed E-state index contributed by atoms with van der Waals surface area (Å²) >= 11 is 0. The molecule has 1 aliphatic rings. The van der Waals surface area contributed by atoms with Crippen LogP contribution in [0.2, 0.25) is 0 Å². The third-order valence-corrected chi connectivity index (χ3v) is 3.02.